The molecule has 1 N–H and O–H groups in total. The molecule has 0 aliphatic carbocycles. The van der Waals surface area contributed by atoms with Crippen molar-refractivity contribution in [1.29, 1.82) is 0 Å². The molecule has 0 aliphatic heterocycles. The molecule has 0 atom stereocenters. The highest BCUT2D eigenvalue weighted by Gasteiger charge is 2.01. The Bertz CT molecular complexity index is 513. The lowest BCUT2D eigenvalue weighted by molar-refractivity contribution is 0.627. The van der Waals surface area contributed by atoms with Gasteiger partial charge < -0.3 is 5.32 Å². The summed E-state index contributed by atoms with van der Waals surface area (Å²) in [5, 5.41) is 3.66. The molecule has 0 saturated heterocycles. The molecule has 1 nitrogen and oxygen atoms in total. The number of nitrogens with one attached hydrogen (secondary N) is 1. The van der Waals surface area contributed by atoms with Crippen LogP contribution in [0.25, 0.3) is 0 Å². The smallest absolute Gasteiger partial charge is 0.124 e. The van der Waals surface area contributed by atoms with E-state index in [1.165, 1.54) is 12.1 Å². The molecule has 2 aromatic carbocycles. The zero-order valence-electron chi connectivity index (χ0n) is 8.88. The van der Waals surface area contributed by atoms with Crippen LogP contribution in [0.1, 0.15) is 5.56 Å². The Hall–Kier alpha value is -1.06. The van der Waals surface area contributed by atoms with Gasteiger partial charge in [0.15, 0.2) is 0 Å². The van der Waals surface area contributed by atoms with Gasteiger partial charge in [-0.3, -0.25) is 0 Å². The van der Waals surface area contributed by atoms with Gasteiger partial charge in [-0.1, -0.05) is 33.6 Å². The number of hydrogen-bond donors (Lipinski definition) is 1. The second kappa shape index (κ2) is 5.52. The first-order chi connectivity index (χ1) is 8.15. The molecule has 17 heavy (non-hydrogen) atoms. The van der Waals surface area contributed by atoms with Gasteiger partial charge in [-0.2, -0.15) is 0 Å². The summed E-state index contributed by atoms with van der Waals surface area (Å²) in [6.45, 7) is 0.570. The second-order valence-corrected chi connectivity index (χ2v) is 4.92. The van der Waals surface area contributed by atoms with Crippen molar-refractivity contribution in [2.24, 2.45) is 0 Å². The summed E-state index contributed by atoms with van der Waals surface area (Å²) in [5.41, 5.74) is 1.87. The van der Waals surface area contributed by atoms with E-state index in [0.29, 0.717) is 11.6 Å². The summed E-state index contributed by atoms with van der Waals surface area (Å²) in [6.07, 6.45) is 0. The fourth-order valence-corrected chi connectivity index (χ4v) is 1.93. The number of halogens is 3. The topological polar surface area (TPSA) is 12.0 Å². The fraction of sp³-hybridized carbons (Fsp3) is 0.0769. The molecule has 88 valence electrons. The van der Waals surface area contributed by atoms with Crippen LogP contribution in [0.15, 0.2) is 46.9 Å². The molecule has 0 fully saturated rings. The van der Waals surface area contributed by atoms with E-state index in [1.807, 2.05) is 24.3 Å². The first-order valence-corrected chi connectivity index (χ1v) is 6.25. The highest BCUT2D eigenvalue weighted by Crippen LogP contribution is 2.19. The van der Waals surface area contributed by atoms with Crippen molar-refractivity contribution < 1.29 is 4.39 Å². The minimum atomic E-state index is -0.317. The first-order valence-electron chi connectivity index (χ1n) is 5.08. The van der Waals surface area contributed by atoms with Crippen LogP contribution in [0.3, 0.4) is 0 Å². The maximum atomic E-state index is 12.8. The number of anilines is 1. The maximum Gasteiger partial charge on any atom is 0.124 e. The Morgan fingerprint density at radius 2 is 1.82 bits per heavy atom. The lowest BCUT2D eigenvalue weighted by Crippen LogP contribution is -2.00. The molecule has 0 unspecified atom stereocenters. The monoisotopic (exact) mass is 313 g/mol. The minimum Gasteiger partial charge on any atom is -0.381 e. The van der Waals surface area contributed by atoms with Crippen LogP contribution in [0.4, 0.5) is 10.1 Å². The van der Waals surface area contributed by atoms with Gasteiger partial charge in [0.2, 0.25) is 0 Å². The van der Waals surface area contributed by atoms with Crippen molar-refractivity contribution in [3.8, 4) is 0 Å². The lowest BCUT2D eigenvalue weighted by Gasteiger charge is -2.08. The van der Waals surface area contributed by atoms with Gasteiger partial charge in [0, 0.05) is 21.7 Å². The molecule has 2 aromatic rings. The van der Waals surface area contributed by atoms with Crippen LogP contribution in [-0.2, 0) is 6.54 Å². The van der Waals surface area contributed by atoms with Crippen molar-refractivity contribution in [2.45, 2.75) is 6.54 Å². The Morgan fingerprint density at radius 1 is 1.12 bits per heavy atom. The molecule has 0 heterocycles. The van der Waals surface area contributed by atoms with Gasteiger partial charge in [0.25, 0.3) is 0 Å². The van der Waals surface area contributed by atoms with Crippen molar-refractivity contribution in [2.75, 3.05) is 5.32 Å². The molecular weight excluding hydrogens is 305 g/mol. The van der Waals surface area contributed by atoms with Crippen LogP contribution in [0, 0.1) is 5.82 Å². The molecule has 2 rings (SSSR count). The van der Waals surface area contributed by atoms with E-state index >= 15 is 0 Å². The maximum absolute atomic E-state index is 12.8. The zero-order valence-corrected chi connectivity index (χ0v) is 11.2. The predicted octanol–water partition coefficient (Wildman–Crippen LogP) is 4.85. The van der Waals surface area contributed by atoms with Gasteiger partial charge in [0.05, 0.1) is 0 Å². The fourth-order valence-electron chi connectivity index (χ4n) is 1.43. The zero-order chi connectivity index (χ0) is 12.3. The molecule has 0 radical (unpaired) electrons. The average Bonchev–Trinajstić information content (AvgIpc) is 2.30. The Kier molecular flexibility index (Phi) is 4.02. The first kappa shape index (κ1) is 12.4. The average molecular weight is 315 g/mol. The van der Waals surface area contributed by atoms with Crippen LogP contribution in [0.2, 0.25) is 5.02 Å². The standard InChI is InChI=1S/C13H10BrClFN/c14-10-2-5-12(6-3-10)17-8-9-1-4-11(16)7-13(9)15/h1-7,17H,8H2. The van der Waals surface area contributed by atoms with E-state index in [9.17, 15) is 4.39 Å². The molecule has 0 aromatic heterocycles. The molecule has 0 bridgehead atoms. The minimum absolute atomic E-state index is 0.317. The molecule has 0 amide bonds. The number of rotatable bonds is 3. The van der Waals surface area contributed by atoms with Crippen molar-refractivity contribution >= 4 is 33.2 Å². The quantitative estimate of drug-likeness (QED) is 0.853. The highest BCUT2D eigenvalue weighted by molar-refractivity contribution is 9.10. The van der Waals surface area contributed by atoms with E-state index in [-0.39, 0.29) is 5.82 Å². The van der Waals surface area contributed by atoms with Gasteiger partial charge >= 0.3 is 0 Å². The lowest BCUT2D eigenvalue weighted by atomic mass is 10.2. The van der Waals surface area contributed by atoms with Crippen LogP contribution in [-0.4, -0.2) is 0 Å². The molecular formula is C13H10BrClFN. The third-order valence-corrected chi connectivity index (χ3v) is 3.22. The second-order valence-electron chi connectivity index (χ2n) is 3.60. The third-order valence-electron chi connectivity index (χ3n) is 2.34. The van der Waals surface area contributed by atoms with E-state index in [2.05, 4.69) is 21.2 Å². The Balaban J connectivity index is 2.04. The third kappa shape index (κ3) is 3.45. The predicted molar refractivity (Wildman–Crippen MR) is 72.9 cm³/mol. The summed E-state index contributed by atoms with van der Waals surface area (Å²) in [5.74, 6) is -0.317. The molecule has 4 heteroatoms. The summed E-state index contributed by atoms with van der Waals surface area (Å²) in [7, 11) is 0. The largest absolute Gasteiger partial charge is 0.381 e. The summed E-state index contributed by atoms with van der Waals surface area (Å²) in [4.78, 5) is 0. The van der Waals surface area contributed by atoms with E-state index in [4.69, 9.17) is 11.6 Å². The van der Waals surface area contributed by atoms with E-state index in [1.54, 1.807) is 6.07 Å². The van der Waals surface area contributed by atoms with E-state index < -0.39 is 0 Å². The van der Waals surface area contributed by atoms with E-state index in [0.717, 1.165) is 15.7 Å². The van der Waals surface area contributed by atoms with Gasteiger partial charge in [-0.05, 0) is 42.0 Å². The summed E-state index contributed by atoms with van der Waals surface area (Å²) in [6, 6.07) is 12.2. The molecule has 0 spiro atoms. The van der Waals surface area contributed by atoms with Crippen LogP contribution >= 0.6 is 27.5 Å². The SMILES string of the molecule is Fc1ccc(CNc2ccc(Br)cc2)c(Cl)c1. The summed E-state index contributed by atoms with van der Waals surface area (Å²) < 4.78 is 13.9. The Morgan fingerprint density at radius 3 is 2.47 bits per heavy atom. The van der Waals surface area contributed by atoms with Crippen LogP contribution < -0.4 is 5.32 Å². The highest BCUT2D eigenvalue weighted by atomic mass is 79.9. The summed E-state index contributed by atoms with van der Waals surface area (Å²) >= 11 is 9.30. The number of benzene rings is 2. The van der Waals surface area contributed by atoms with Gasteiger partial charge in [0.1, 0.15) is 5.82 Å². The normalized spacial score (nSPS) is 10.3. The van der Waals surface area contributed by atoms with Crippen molar-refractivity contribution in [1.82, 2.24) is 0 Å². The van der Waals surface area contributed by atoms with Gasteiger partial charge in [-0.25, -0.2) is 4.39 Å². The van der Waals surface area contributed by atoms with Gasteiger partial charge in [-0.15, -0.1) is 0 Å². The van der Waals surface area contributed by atoms with Crippen molar-refractivity contribution in [3.05, 3.63) is 63.3 Å². The molecule has 0 saturated carbocycles. The molecule has 0 aliphatic rings. The number of hydrogen-bond acceptors (Lipinski definition) is 1. The van der Waals surface area contributed by atoms with Crippen molar-refractivity contribution in [3.63, 3.8) is 0 Å². The van der Waals surface area contributed by atoms with Crippen LogP contribution in [0.5, 0.6) is 0 Å². The Labute approximate surface area is 113 Å².